The zero-order valence-electron chi connectivity index (χ0n) is 58.0. The lowest BCUT2D eigenvalue weighted by Crippen LogP contribution is -2.26. The van der Waals surface area contributed by atoms with E-state index < -0.39 is 0 Å². The van der Waals surface area contributed by atoms with Crippen LogP contribution in [-0.2, 0) is 0 Å². The van der Waals surface area contributed by atoms with Crippen LogP contribution in [0.4, 0.5) is 0 Å². The van der Waals surface area contributed by atoms with Crippen molar-refractivity contribution in [2.24, 2.45) is 112 Å². The quantitative estimate of drug-likeness (QED) is 0.212. The fourth-order valence-electron chi connectivity index (χ4n) is 19.3. The summed E-state index contributed by atoms with van der Waals surface area (Å²) in [6, 6.07) is 0. The van der Waals surface area contributed by atoms with Gasteiger partial charge in [-0.1, -0.05) is 193 Å². The van der Waals surface area contributed by atoms with Crippen molar-refractivity contribution in [3.8, 4) is 0 Å². The van der Waals surface area contributed by atoms with Gasteiger partial charge in [-0.3, -0.25) is 0 Å². The normalized spacial score (nSPS) is 39.9. The molecule has 19 atom stereocenters. The van der Waals surface area contributed by atoms with E-state index in [4.69, 9.17) is 0 Å². The minimum absolute atomic E-state index is 0.847. The van der Waals surface area contributed by atoms with Crippen molar-refractivity contribution in [1.29, 1.82) is 0 Å². The average molecular weight is 1150 g/mol. The van der Waals surface area contributed by atoms with Gasteiger partial charge >= 0.3 is 0 Å². The van der Waals surface area contributed by atoms with Gasteiger partial charge < -0.3 is 0 Å². The lowest BCUT2D eigenvalue weighted by atomic mass is 9.68. The molecule has 0 bridgehead atoms. The Hall–Kier alpha value is -2.34. The standard InChI is InChI=1S/5C12H20.2C12H18/c7*1-9-3-5-12-8-10(2)4-6-11(12)7-9/h7,10-12H,3-6,8H2,1-2H3;7,9-10,12H,3-6,8H2,1-2H3;5,9-11H,3-4,6-8H2,1-2H3;3,10-12H,4-8H2,1-2H3;3,5,9-12H,4,6-8H2,1-2H3;3,10H,4-8H2,1-2H3;3,5,10-11H,4,6-8H2,1-2H3. The van der Waals surface area contributed by atoms with Gasteiger partial charge in [-0.05, 0) is 333 Å². The largest absolute Gasteiger partial charge is 0.0854 e. The van der Waals surface area contributed by atoms with Crippen LogP contribution < -0.4 is 0 Å². The third kappa shape index (κ3) is 21.4. The Morgan fingerprint density at radius 3 is 1.71 bits per heavy atom. The Morgan fingerprint density at radius 1 is 0.310 bits per heavy atom. The van der Waals surface area contributed by atoms with Gasteiger partial charge in [-0.2, -0.15) is 0 Å². The molecule has 14 rings (SSSR count). The van der Waals surface area contributed by atoms with Crippen molar-refractivity contribution >= 4 is 0 Å². The number of fused-ring (bicyclic) bond motifs is 6. The Labute approximate surface area is 523 Å². The highest BCUT2D eigenvalue weighted by Gasteiger charge is 2.33. The van der Waals surface area contributed by atoms with Crippen LogP contribution in [-0.4, -0.2) is 0 Å². The smallest absolute Gasteiger partial charge is 0.0108 e. The highest BCUT2D eigenvalue weighted by Crippen LogP contribution is 2.46. The molecule has 0 N–H and O–H groups in total. The molecule has 0 aromatic rings. The Bertz CT molecular complexity index is 2310. The number of hydrogen-bond donors (Lipinski definition) is 0. The fourth-order valence-corrected chi connectivity index (χ4v) is 19.3. The molecular weight excluding hydrogens is 1010 g/mol. The van der Waals surface area contributed by atoms with Crippen LogP contribution in [0.1, 0.15) is 309 Å². The maximum Gasteiger partial charge on any atom is -0.0108 e. The zero-order valence-corrected chi connectivity index (χ0v) is 58.0. The first-order valence-electron chi connectivity index (χ1n) is 37.4. The summed E-state index contributed by atoms with van der Waals surface area (Å²) in [6.45, 7) is 33.0. The van der Waals surface area contributed by atoms with E-state index in [1.165, 1.54) is 212 Å². The summed E-state index contributed by atoms with van der Waals surface area (Å²) < 4.78 is 0. The summed E-state index contributed by atoms with van der Waals surface area (Å²) in [7, 11) is 0. The molecule has 84 heavy (non-hydrogen) atoms. The summed E-state index contributed by atoms with van der Waals surface area (Å²) in [5.41, 5.74) is 15.3. The molecule has 14 aliphatic rings. The predicted octanol–water partition coefficient (Wildman–Crippen LogP) is 26.3. The molecule has 6 fully saturated rings. The van der Waals surface area contributed by atoms with Crippen molar-refractivity contribution in [3.05, 3.63) is 105 Å². The maximum absolute atomic E-state index is 2.56. The second kappa shape index (κ2) is 33.5. The van der Waals surface area contributed by atoms with Gasteiger partial charge in [0.25, 0.3) is 0 Å². The molecule has 0 spiro atoms. The molecule has 0 radical (unpaired) electrons. The van der Waals surface area contributed by atoms with Crippen molar-refractivity contribution in [2.75, 3.05) is 0 Å². The van der Waals surface area contributed by atoms with E-state index in [9.17, 15) is 0 Å². The van der Waals surface area contributed by atoms with Gasteiger partial charge in [0.05, 0.1) is 0 Å². The zero-order chi connectivity index (χ0) is 59.9. The van der Waals surface area contributed by atoms with Crippen LogP contribution in [0.5, 0.6) is 0 Å². The maximum atomic E-state index is 2.56. The third-order valence-corrected chi connectivity index (χ3v) is 24.8. The molecule has 19 unspecified atom stereocenters. The Morgan fingerprint density at radius 2 is 0.929 bits per heavy atom. The van der Waals surface area contributed by atoms with Gasteiger partial charge in [-0.15, -0.1) is 0 Å². The summed E-state index contributed by atoms with van der Waals surface area (Å²) >= 11 is 0. The van der Waals surface area contributed by atoms with Crippen LogP contribution in [0.3, 0.4) is 0 Å². The summed E-state index contributed by atoms with van der Waals surface area (Å²) in [6.07, 6.45) is 69.1. The fraction of sp³-hybridized carbons (Fsp3) is 0.786. The van der Waals surface area contributed by atoms with Crippen LogP contribution in [0.2, 0.25) is 0 Å². The van der Waals surface area contributed by atoms with E-state index in [2.05, 4.69) is 152 Å². The second-order valence-corrected chi connectivity index (χ2v) is 33.6. The van der Waals surface area contributed by atoms with Crippen molar-refractivity contribution in [3.63, 3.8) is 0 Å². The number of hydrogen-bond acceptors (Lipinski definition) is 0. The molecule has 0 aromatic heterocycles. The van der Waals surface area contributed by atoms with Crippen molar-refractivity contribution in [1.82, 2.24) is 0 Å². The first kappa shape index (κ1) is 67.6. The molecule has 0 saturated heterocycles. The summed E-state index contributed by atoms with van der Waals surface area (Å²) in [5.74, 6) is 18.4. The topological polar surface area (TPSA) is 0 Å². The van der Waals surface area contributed by atoms with Crippen LogP contribution in [0.25, 0.3) is 0 Å². The Balaban J connectivity index is 0.000000128. The highest BCUT2D eigenvalue weighted by molar-refractivity contribution is 5.30. The molecule has 0 heteroatoms. The van der Waals surface area contributed by atoms with Crippen molar-refractivity contribution < 1.29 is 0 Å². The minimum Gasteiger partial charge on any atom is -0.0854 e. The molecule has 0 nitrogen and oxygen atoms in total. The monoisotopic (exact) mass is 1150 g/mol. The van der Waals surface area contributed by atoms with Crippen LogP contribution >= 0.6 is 0 Å². The van der Waals surface area contributed by atoms with Crippen molar-refractivity contribution in [2.45, 2.75) is 309 Å². The Kier molecular flexibility index (Phi) is 26.9. The van der Waals surface area contributed by atoms with Gasteiger partial charge in [-0.25, -0.2) is 0 Å². The number of allylic oxidation sites excluding steroid dienone is 18. The van der Waals surface area contributed by atoms with E-state index in [0.29, 0.717) is 0 Å². The molecule has 0 aromatic carbocycles. The molecule has 14 aliphatic carbocycles. The number of rotatable bonds is 0. The van der Waals surface area contributed by atoms with Gasteiger partial charge in [0.2, 0.25) is 0 Å². The first-order valence-corrected chi connectivity index (χ1v) is 37.4. The molecule has 6 saturated carbocycles. The lowest BCUT2D eigenvalue weighted by molar-refractivity contribution is 0.180. The van der Waals surface area contributed by atoms with Crippen LogP contribution in [0.15, 0.2) is 105 Å². The molecule has 0 aliphatic heterocycles. The van der Waals surface area contributed by atoms with Gasteiger partial charge in [0.15, 0.2) is 0 Å². The van der Waals surface area contributed by atoms with E-state index >= 15 is 0 Å². The predicted molar refractivity (Wildman–Crippen MR) is 371 cm³/mol. The minimum atomic E-state index is 0.847. The summed E-state index contributed by atoms with van der Waals surface area (Å²) in [4.78, 5) is 0. The average Bonchev–Trinajstić information content (AvgIpc) is 3.58. The SMILES string of the molecule is CC1=CC2CCC(C)CC2CC1.CC1=CC=C2CC(C)CCC2C1.CC1=CCC2=C(CCC(C)C2)C1.CC1=CCC2CC(C)CCC2C1.CC1C=C2CCC(C)CC2CC1.CC1C=CC2CC(C)CCC2C1.CC1CCC2CC(C)CC=C2C1. The molecule has 0 heterocycles. The van der Waals surface area contributed by atoms with E-state index in [1.807, 2.05) is 0 Å². The first-order chi connectivity index (χ1) is 40.3. The second-order valence-electron chi connectivity index (χ2n) is 33.6. The lowest BCUT2D eigenvalue weighted by Gasteiger charge is -2.37. The van der Waals surface area contributed by atoms with E-state index in [1.54, 1.807) is 50.2 Å². The van der Waals surface area contributed by atoms with Gasteiger partial charge in [0.1, 0.15) is 0 Å². The molecule has 0 amide bonds. The summed E-state index contributed by atoms with van der Waals surface area (Å²) in [5, 5.41) is 0. The third-order valence-electron chi connectivity index (χ3n) is 24.8. The van der Waals surface area contributed by atoms with E-state index in [-0.39, 0.29) is 0 Å². The molecular formula is C84H136. The highest BCUT2D eigenvalue weighted by atomic mass is 14.4. The van der Waals surface area contributed by atoms with E-state index in [0.717, 1.165) is 112 Å². The van der Waals surface area contributed by atoms with Crippen LogP contribution in [0, 0.1) is 112 Å². The molecule has 472 valence electrons. The van der Waals surface area contributed by atoms with Gasteiger partial charge in [0, 0.05) is 0 Å².